The summed E-state index contributed by atoms with van der Waals surface area (Å²) >= 11 is 0. The number of ether oxygens (including phenoxy) is 3. The summed E-state index contributed by atoms with van der Waals surface area (Å²) in [4.78, 5) is 21.7. The van der Waals surface area contributed by atoms with Crippen molar-refractivity contribution < 1.29 is 23.9 Å². The number of esters is 1. The van der Waals surface area contributed by atoms with Crippen molar-refractivity contribution in [2.24, 2.45) is 0 Å². The molecule has 0 saturated heterocycles. The first-order valence-corrected chi connectivity index (χ1v) is 7.11. The summed E-state index contributed by atoms with van der Waals surface area (Å²) in [7, 11) is 1.30. The predicted octanol–water partition coefficient (Wildman–Crippen LogP) is 3.72. The molecule has 0 aromatic heterocycles. The zero-order valence-electron chi connectivity index (χ0n) is 13.5. The van der Waals surface area contributed by atoms with Crippen molar-refractivity contribution in [2.45, 2.75) is 19.4 Å². The van der Waals surface area contributed by atoms with E-state index in [1.165, 1.54) is 31.4 Å². The molecule has 0 N–H and O–H groups in total. The number of non-ortho nitro benzene ring substituents is 1. The molecule has 0 unspecified atom stereocenters. The Morgan fingerprint density at radius 3 is 1.88 bits per heavy atom. The van der Waals surface area contributed by atoms with Crippen LogP contribution in [0.3, 0.4) is 0 Å². The maximum atomic E-state index is 11.6. The predicted molar refractivity (Wildman–Crippen MR) is 86.3 cm³/mol. The lowest BCUT2D eigenvalue weighted by molar-refractivity contribution is -0.384. The number of nitro benzene ring substituents is 1. The van der Waals surface area contributed by atoms with Crippen molar-refractivity contribution in [2.75, 3.05) is 7.11 Å². The first-order valence-electron chi connectivity index (χ1n) is 7.11. The molecule has 0 heterocycles. The number of nitro groups is 1. The largest absolute Gasteiger partial charge is 0.476 e. The van der Waals surface area contributed by atoms with Crippen molar-refractivity contribution in [3.63, 3.8) is 0 Å². The highest BCUT2D eigenvalue weighted by Gasteiger charge is 2.30. The average molecular weight is 331 g/mol. The highest BCUT2D eigenvalue weighted by Crippen LogP contribution is 2.27. The summed E-state index contributed by atoms with van der Waals surface area (Å²) < 4.78 is 15.9. The number of nitrogens with zero attached hydrogens (tertiary/aromatic N) is 1. The molecule has 0 atom stereocenters. The van der Waals surface area contributed by atoms with E-state index in [1.807, 2.05) is 0 Å². The van der Waals surface area contributed by atoms with Crippen LogP contribution >= 0.6 is 0 Å². The highest BCUT2D eigenvalue weighted by atomic mass is 16.6. The van der Waals surface area contributed by atoms with Gasteiger partial charge in [-0.2, -0.15) is 0 Å². The van der Waals surface area contributed by atoms with E-state index >= 15 is 0 Å². The maximum absolute atomic E-state index is 11.6. The van der Waals surface area contributed by atoms with Gasteiger partial charge in [-0.25, -0.2) is 4.79 Å². The summed E-state index contributed by atoms with van der Waals surface area (Å²) in [6.45, 7) is 3.22. The van der Waals surface area contributed by atoms with Gasteiger partial charge in [0.2, 0.25) is 0 Å². The Labute approximate surface area is 138 Å². The Morgan fingerprint density at radius 2 is 1.42 bits per heavy atom. The first kappa shape index (κ1) is 17.3. The van der Waals surface area contributed by atoms with Gasteiger partial charge in [0, 0.05) is 12.1 Å². The smallest absolute Gasteiger partial charge is 0.349 e. The van der Waals surface area contributed by atoms with E-state index in [9.17, 15) is 14.9 Å². The maximum Gasteiger partial charge on any atom is 0.349 e. The van der Waals surface area contributed by atoms with E-state index in [0.29, 0.717) is 17.2 Å². The Hall–Kier alpha value is -3.09. The normalized spacial score (nSPS) is 10.8. The van der Waals surface area contributed by atoms with Gasteiger partial charge in [-0.3, -0.25) is 10.1 Å². The van der Waals surface area contributed by atoms with Gasteiger partial charge in [-0.1, -0.05) is 0 Å². The van der Waals surface area contributed by atoms with E-state index in [4.69, 9.17) is 9.47 Å². The second-order valence-electron chi connectivity index (χ2n) is 5.43. The number of hydrogen-bond donors (Lipinski definition) is 0. The van der Waals surface area contributed by atoms with Gasteiger partial charge in [-0.15, -0.1) is 0 Å². The molecule has 0 aliphatic heterocycles. The van der Waals surface area contributed by atoms with Crippen molar-refractivity contribution >= 4 is 11.7 Å². The Bertz CT molecular complexity index is 722. The molecule has 126 valence electrons. The summed E-state index contributed by atoms with van der Waals surface area (Å²) in [6.07, 6.45) is 0. The SMILES string of the molecule is COC(=O)C(C)(C)Oc1ccc(Oc2ccc([N+](=O)[O-])cc2)cc1. The molecular formula is C17H17NO6. The van der Waals surface area contributed by atoms with Crippen LogP contribution in [0.15, 0.2) is 48.5 Å². The quantitative estimate of drug-likeness (QED) is 0.455. The van der Waals surface area contributed by atoms with E-state index in [1.54, 1.807) is 38.1 Å². The molecule has 7 nitrogen and oxygen atoms in total. The van der Waals surface area contributed by atoms with E-state index in [-0.39, 0.29) is 5.69 Å². The van der Waals surface area contributed by atoms with Gasteiger partial charge >= 0.3 is 5.97 Å². The fourth-order valence-electron chi connectivity index (χ4n) is 1.93. The van der Waals surface area contributed by atoms with Crippen LogP contribution in [0.2, 0.25) is 0 Å². The molecule has 24 heavy (non-hydrogen) atoms. The van der Waals surface area contributed by atoms with Gasteiger partial charge in [0.25, 0.3) is 5.69 Å². The van der Waals surface area contributed by atoms with Crippen LogP contribution in [-0.4, -0.2) is 23.6 Å². The van der Waals surface area contributed by atoms with E-state index in [2.05, 4.69) is 4.74 Å². The minimum Gasteiger partial charge on any atom is -0.476 e. The van der Waals surface area contributed by atoms with Crippen LogP contribution in [0, 0.1) is 10.1 Å². The molecule has 2 aromatic carbocycles. The molecule has 0 amide bonds. The summed E-state index contributed by atoms with van der Waals surface area (Å²) in [6, 6.07) is 12.4. The first-order chi connectivity index (χ1) is 11.3. The molecule has 0 aliphatic carbocycles. The zero-order chi connectivity index (χ0) is 17.7. The number of benzene rings is 2. The number of carbonyl (C=O) groups is 1. The molecular weight excluding hydrogens is 314 g/mol. The highest BCUT2D eigenvalue weighted by molar-refractivity contribution is 5.78. The molecule has 0 bridgehead atoms. The van der Waals surface area contributed by atoms with Crippen LogP contribution in [0.5, 0.6) is 17.2 Å². The van der Waals surface area contributed by atoms with Gasteiger partial charge < -0.3 is 14.2 Å². The fourth-order valence-corrected chi connectivity index (χ4v) is 1.93. The molecule has 0 fully saturated rings. The standard InChI is InChI=1S/C17H17NO6/c1-17(2,16(19)22-3)24-15-10-8-14(9-11-15)23-13-6-4-12(5-7-13)18(20)21/h4-11H,1-3H3. The minimum absolute atomic E-state index is 0.00357. The van der Waals surface area contributed by atoms with E-state index < -0.39 is 16.5 Å². The van der Waals surface area contributed by atoms with Gasteiger partial charge in [0.05, 0.1) is 12.0 Å². The summed E-state index contributed by atoms with van der Waals surface area (Å²) in [5.74, 6) is 1.02. The topological polar surface area (TPSA) is 87.9 Å². The lowest BCUT2D eigenvalue weighted by Crippen LogP contribution is -2.39. The van der Waals surface area contributed by atoms with Crippen molar-refractivity contribution in [3.05, 3.63) is 58.6 Å². The molecule has 0 aliphatic rings. The Balaban J connectivity index is 2.04. The second kappa shape index (κ2) is 6.99. The number of rotatable bonds is 6. The van der Waals surface area contributed by atoms with Crippen molar-refractivity contribution in [3.8, 4) is 17.2 Å². The molecule has 7 heteroatoms. The second-order valence-corrected chi connectivity index (χ2v) is 5.43. The third-order valence-electron chi connectivity index (χ3n) is 3.16. The fraction of sp³-hybridized carbons (Fsp3) is 0.235. The molecule has 0 spiro atoms. The average Bonchev–Trinajstić information content (AvgIpc) is 2.56. The minimum atomic E-state index is -1.10. The van der Waals surface area contributed by atoms with Crippen LogP contribution in [0.1, 0.15) is 13.8 Å². The number of hydrogen-bond acceptors (Lipinski definition) is 6. The van der Waals surface area contributed by atoms with E-state index in [0.717, 1.165) is 0 Å². The van der Waals surface area contributed by atoms with Crippen LogP contribution < -0.4 is 9.47 Å². The van der Waals surface area contributed by atoms with Crippen molar-refractivity contribution in [1.29, 1.82) is 0 Å². The molecule has 0 radical (unpaired) electrons. The van der Waals surface area contributed by atoms with Crippen molar-refractivity contribution in [1.82, 2.24) is 0 Å². The third kappa shape index (κ3) is 4.22. The van der Waals surface area contributed by atoms with Gasteiger partial charge in [0.1, 0.15) is 17.2 Å². The van der Waals surface area contributed by atoms with Gasteiger partial charge in [-0.05, 0) is 50.2 Å². The molecule has 2 aromatic rings. The summed E-state index contributed by atoms with van der Waals surface area (Å²) in [5, 5.41) is 10.6. The lowest BCUT2D eigenvalue weighted by atomic mass is 10.1. The monoisotopic (exact) mass is 331 g/mol. The van der Waals surface area contributed by atoms with Gasteiger partial charge in [0.15, 0.2) is 5.60 Å². The Kier molecular flexibility index (Phi) is 5.03. The summed E-state index contributed by atoms with van der Waals surface area (Å²) in [5.41, 5.74) is -1.11. The molecule has 2 rings (SSSR count). The van der Waals surface area contributed by atoms with Crippen LogP contribution in [0.25, 0.3) is 0 Å². The van der Waals surface area contributed by atoms with Crippen LogP contribution in [-0.2, 0) is 9.53 Å². The number of carbonyl (C=O) groups excluding carboxylic acids is 1. The van der Waals surface area contributed by atoms with Crippen LogP contribution in [0.4, 0.5) is 5.69 Å². The third-order valence-corrected chi connectivity index (χ3v) is 3.16. The zero-order valence-corrected chi connectivity index (χ0v) is 13.5. The number of methoxy groups -OCH3 is 1. The lowest BCUT2D eigenvalue weighted by Gasteiger charge is -2.23. The molecule has 0 saturated carbocycles. The Morgan fingerprint density at radius 1 is 0.958 bits per heavy atom.